The van der Waals surface area contributed by atoms with Gasteiger partial charge in [0.05, 0.1) is 24.3 Å². The van der Waals surface area contributed by atoms with Gasteiger partial charge in [0, 0.05) is 19.3 Å². The average molecular weight is 293 g/mol. The fourth-order valence-electron chi connectivity index (χ4n) is 2.65. The van der Waals surface area contributed by atoms with Crippen LogP contribution in [0.5, 0.6) is 0 Å². The molecule has 118 valence electrons. The Bertz CT molecular complexity index is 435. The van der Waals surface area contributed by atoms with Crippen molar-refractivity contribution in [3.63, 3.8) is 0 Å². The van der Waals surface area contributed by atoms with Crippen LogP contribution in [0.15, 0.2) is 12.4 Å². The molecular weight excluding hydrogens is 266 g/mol. The lowest BCUT2D eigenvalue weighted by atomic mass is 9.99. The molecule has 21 heavy (non-hydrogen) atoms. The Labute approximate surface area is 126 Å². The van der Waals surface area contributed by atoms with Gasteiger partial charge in [-0.25, -0.2) is 0 Å². The first-order valence-electron chi connectivity index (χ1n) is 7.99. The number of anilines is 1. The number of piperidine rings is 1. The molecule has 1 atom stereocenters. The van der Waals surface area contributed by atoms with Crippen molar-refractivity contribution in [3.8, 4) is 0 Å². The van der Waals surface area contributed by atoms with Crippen molar-refractivity contribution in [1.82, 2.24) is 20.0 Å². The third-order valence-electron chi connectivity index (χ3n) is 4.11. The highest BCUT2D eigenvalue weighted by molar-refractivity contribution is 5.92. The molecule has 2 N–H and O–H groups in total. The number of rotatable bonds is 7. The molecule has 0 aromatic carbocycles. The average Bonchev–Trinajstić information content (AvgIpc) is 2.96. The number of nitrogens with zero attached hydrogens (tertiary/aromatic N) is 3. The first-order chi connectivity index (χ1) is 10.2. The topological polar surface area (TPSA) is 62.2 Å². The van der Waals surface area contributed by atoms with E-state index in [0.29, 0.717) is 0 Å². The fourth-order valence-corrected chi connectivity index (χ4v) is 2.65. The Morgan fingerprint density at radius 2 is 2.33 bits per heavy atom. The van der Waals surface area contributed by atoms with Gasteiger partial charge in [-0.1, -0.05) is 13.8 Å². The molecule has 0 saturated carbocycles. The Morgan fingerprint density at radius 3 is 3.00 bits per heavy atom. The number of carbonyl (C=O) groups is 1. The summed E-state index contributed by atoms with van der Waals surface area (Å²) in [4.78, 5) is 14.5. The van der Waals surface area contributed by atoms with Crippen molar-refractivity contribution in [2.45, 2.75) is 33.2 Å². The number of hydrogen-bond donors (Lipinski definition) is 2. The molecule has 0 radical (unpaired) electrons. The van der Waals surface area contributed by atoms with Crippen LogP contribution >= 0.6 is 0 Å². The van der Waals surface area contributed by atoms with Crippen LogP contribution < -0.4 is 10.6 Å². The molecule has 0 bridgehead atoms. The minimum absolute atomic E-state index is 0.0813. The Balaban J connectivity index is 1.80. The standard InChI is InChI=1S/C15H27N5O/c1-3-19(4-2)8-9-20-12-14(11-17-20)18-15(21)13-6-5-7-16-10-13/h11-13,16H,3-10H2,1-2H3,(H,18,21)/t13-/m1/s1. The SMILES string of the molecule is CCN(CC)CCn1cc(NC(=O)[C@@H]2CCCNC2)cn1. The van der Waals surface area contributed by atoms with Gasteiger partial charge < -0.3 is 15.5 Å². The maximum Gasteiger partial charge on any atom is 0.228 e. The smallest absolute Gasteiger partial charge is 0.228 e. The van der Waals surface area contributed by atoms with E-state index in [2.05, 4.69) is 34.5 Å². The molecule has 0 aliphatic carbocycles. The molecule has 1 aromatic heterocycles. The van der Waals surface area contributed by atoms with Crippen LogP contribution in [0.2, 0.25) is 0 Å². The van der Waals surface area contributed by atoms with Crippen molar-refractivity contribution in [1.29, 1.82) is 0 Å². The Morgan fingerprint density at radius 1 is 1.52 bits per heavy atom. The molecule has 0 unspecified atom stereocenters. The highest BCUT2D eigenvalue weighted by Crippen LogP contribution is 2.13. The zero-order valence-corrected chi connectivity index (χ0v) is 13.1. The Hall–Kier alpha value is -1.40. The van der Waals surface area contributed by atoms with E-state index in [1.807, 2.05) is 10.9 Å². The minimum Gasteiger partial charge on any atom is -0.323 e. The van der Waals surface area contributed by atoms with Crippen LogP contribution in [0.1, 0.15) is 26.7 Å². The highest BCUT2D eigenvalue weighted by Gasteiger charge is 2.21. The zero-order chi connectivity index (χ0) is 15.1. The third-order valence-corrected chi connectivity index (χ3v) is 4.11. The van der Waals surface area contributed by atoms with E-state index in [9.17, 15) is 4.79 Å². The monoisotopic (exact) mass is 293 g/mol. The number of amides is 1. The van der Waals surface area contributed by atoms with E-state index < -0.39 is 0 Å². The molecule has 1 aliphatic rings. The van der Waals surface area contributed by atoms with Crippen molar-refractivity contribution >= 4 is 11.6 Å². The summed E-state index contributed by atoms with van der Waals surface area (Å²) < 4.78 is 1.90. The second-order valence-electron chi connectivity index (χ2n) is 5.55. The second-order valence-corrected chi connectivity index (χ2v) is 5.55. The number of carbonyl (C=O) groups excluding carboxylic acids is 1. The van der Waals surface area contributed by atoms with E-state index in [4.69, 9.17) is 0 Å². The van der Waals surface area contributed by atoms with Crippen LogP contribution in [-0.2, 0) is 11.3 Å². The van der Waals surface area contributed by atoms with Crippen LogP contribution in [0.25, 0.3) is 0 Å². The van der Waals surface area contributed by atoms with Crippen molar-refractivity contribution in [2.75, 3.05) is 38.0 Å². The summed E-state index contributed by atoms with van der Waals surface area (Å²) in [5, 5.41) is 10.6. The predicted octanol–water partition coefficient (Wildman–Crippen LogP) is 1.16. The zero-order valence-electron chi connectivity index (χ0n) is 13.1. The largest absolute Gasteiger partial charge is 0.323 e. The molecular formula is C15H27N5O. The van der Waals surface area contributed by atoms with E-state index in [0.717, 1.165) is 57.8 Å². The first-order valence-corrected chi connectivity index (χ1v) is 7.99. The Kier molecular flexibility index (Phi) is 6.20. The quantitative estimate of drug-likeness (QED) is 0.792. The molecule has 6 heteroatoms. The molecule has 2 rings (SSSR count). The maximum absolute atomic E-state index is 12.1. The van der Waals surface area contributed by atoms with Gasteiger partial charge in [-0.3, -0.25) is 9.48 Å². The van der Waals surface area contributed by atoms with Crippen molar-refractivity contribution in [3.05, 3.63) is 12.4 Å². The van der Waals surface area contributed by atoms with Crippen molar-refractivity contribution in [2.24, 2.45) is 5.92 Å². The lowest BCUT2D eigenvalue weighted by Gasteiger charge is -2.21. The molecule has 0 spiro atoms. The summed E-state index contributed by atoms with van der Waals surface area (Å²) >= 11 is 0. The molecule has 2 heterocycles. The van der Waals surface area contributed by atoms with Gasteiger partial charge in [0.1, 0.15) is 0 Å². The number of likely N-dealkylation sites (N-methyl/N-ethyl adjacent to an activating group) is 1. The fraction of sp³-hybridized carbons (Fsp3) is 0.733. The van der Waals surface area contributed by atoms with Crippen LogP contribution in [0.3, 0.4) is 0 Å². The van der Waals surface area contributed by atoms with Crippen molar-refractivity contribution < 1.29 is 4.79 Å². The van der Waals surface area contributed by atoms with E-state index in [-0.39, 0.29) is 11.8 Å². The van der Waals surface area contributed by atoms with Gasteiger partial charge in [0.2, 0.25) is 5.91 Å². The summed E-state index contributed by atoms with van der Waals surface area (Å²) in [5.41, 5.74) is 0.796. The lowest BCUT2D eigenvalue weighted by Crippen LogP contribution is -2.37. The normalized spacial score (nSPS) is 18.9. The summed E-state index contributed by atoms with van der Waals surface area (Å²) in [5.74, 6) is 0.184. The van der Waals surface area contributed by atoms with E-state index in [1.165, 1.54) is 0 Å². The van der Waals surface area contributed by atoms with E-state index >= 15 is 0 Å². The summed E-state index contributed by atoms with van der Waals surface area (Å²) in [6.45, 7) is 10.1. The predicted molar refractivity (Wildman–Crippen MR) is 84.2 cm³/mol. The summed E-state index contributed by atoms with van der Waals surface area (Å²) in [6, 6.07) is 0. The van der Waals surface area contributed by atoms with Gasteiger partial charge in [-0.15, -0.1) is 0 Å². The minimum atomic E-state index is 0.0813. The van der Waals surface area contributed by atoms with Gasteiger partial charge in [-0.2, -0.15) is 5.10 Å². The molecule has 1 aliphatic heterocycles. The number of hydrogen-bond acceptors (Lipinski definition) is 4. The molecule has 1 saturated heterocycles. The lowest BCUT2D eigenvalue weighted by molar-refractivity contribution is -0.120. The molecule has 1 fully saturated rings. The summed E-state index contributed by atoms with van der Waals surface area (Å²) in [6.07, 6.45) is 5.68. The van der Waals surface area contributed by atoms with Gasteiger partial charge >= 0.3 is 0 Å². The van der Waals surface area contributed by atoms with Crippen LogP contribution in [0, 0.1) is 5.92 Å². The molecule has 1 amide bonds. The first kappa shape index (κ1) is 16.0. The third kappa shape index (κ3) is 4.82. The van der Waals surface area contributed by atoms with Gasteiger partial charge in [0.25, 0.3) is 0 Å². The molecule has 6 nitrogen and oxygen atoms in total. The van der Waals surface area contributed by atoms with Crippen LogP contribution in [-0.4, -0.2) is 53.3 Å². The van der Waals surface area contributed by atoms with Crippen LogP contribution in [0.4, 0.5) is 5.69 Å². The molecule has 1 aromatic rings. The summed E-state index contributed by atoms with van der Waals surface area (Å²) in [7, 11) is 0. The number of nitrogens with one attached hydrogen (secondary N) is 2. The highest BCUT2D eigenvalue weighted by atomic mass is 16.1. The van der Waals surface area contributed by atoms with E-state index in [1.54, 1.807) is 6.20 Å². The number of aromatic nitrogens is 2. The van der Waals surface area contributed by atoms with Gasteiger partial charge in [-0.05, 0) is 32.5 Å². The maximum atomic E-state index is 12.1. The second kappa shape index (κ2) is 8.14. The van der Waals surface area contributed by atoms with Gasteiger partial charge in [0.15, 0.2) is 0 Å².